The quantitative estimate of drug-likeness (QED) is 0.325. The summed E-state index contributed by atoms with van der Waals surface area (Å²) < 4.78 is 0. The van der Waals surface area contributed by atoms with Crippen LogP contribution in [-0.4, -0.2) is 18.5 Å². The van der Waals surface area contributed by atoms with Gasteiger partial charge in [-0.3, -0.25) is 9.59 Å². The highest BCUT2D eigenvalue weighted by Crippen LogP contribution is 2.09. The topological polar surface area (TPSA) is 58.2 Å². The summed E-state index contributed by atoms with van der Waals surface area (Å²) in [6.07, 6.45) is 11.5. The maximum absolute atomic E-state index is 11.4. The van der Waals surface area contributed by atoms with Crippen molar-refractivity contribution < 1.29 is 9.59 Å². The molecule has 0 aliphatic carbocycles. The standard InChI is InChI=1S/C15H28N2O2/c1-3-5-6-7-8-9-10-11-12-15(19)17-13-16-14(18)4-2/h4H,2-3,5-13H2,1H3,(H,16,18)(H,17,19). The third-order valence-corrected chi connectivity index (χ3v) is 2.99. The lowest BCUT2D eigenvalue weighted by Crippen LogP contribution is -2.36. The molecule has 0 saturated carbocycles. The minimum absolute atomic E-state index is 0.00431. The molecule has 0 heterocycles. The van der Waals surface area contributed by atoms with Crippen molar-refractivity contribution in [2.45, 2.75) is 64.7 Å². The van der Waals surface area contributed by atoms with E-state index in [1.54, 1.807) is 0 Å². The fourth-order valence-corrected chi connectivity index (χ4v) is 1.81. The van der Waals surface area contributed by atoms with Gasteiger partial charge in [0.1, 0.15) is 0 Å². The number of hydrogen-bond acceptors (Lipinski definition) is 2. The molecule has 4 heteroatoms. The Bertz CT molecular complexity index is 265. The van der Waals surface area contributed by atoms with Crippen LogP contribution in [0, 0.1) is 0 Å². The van der Waals surface area contributed by atoms with Crippen molar-refractivity contribution in [3.8, 4) is 0 Å². The lowest BCUT2D eigenvalue weighted by Gasteiger charge is -2.05. The average Bonchev–Trinajstić information content (AvgIpc) is 2.41. The maximum Gasteiger partial charge on any atom is 0.244 e. The summed E-state index contributed by atoms with van der Waals surface area (Å²) in [6.45, 7) is 5.73. The van der Waals surface area contributed by atoms with E-state index in [1.165, 1.54) is 44.6 Å². The molecule has 0 bridgehead atoms. The monoisotopic (exact) mass is 268 g/mol. The Morgan fingerprint density at radius 3 is 2.11 bits per heavy atom. The number of carbonyl (C=O) groups excluding carboxylic acids is 2. The van der Waals surface area contributed by atoms with Gasteiger partial charge in [0.15, 0.2) is 0 Å². The summed E-state index contributed by atoms with van der Waals surface area (Å²) in [6, 6.07) is 0. The minimum Gasteiger partial charge on any atom is -0.339 e. The molecule has 0 unspecified atom stereocenters. The van der Waals surface area contributed by atoms with Gasteiger partial charge in [-0.05, 0) is 12.5 Å². The van der Waals surface area contributed by atoms with Crippen LogP contribution in [0.1, 0.15) is 64.7 Å². The Kier molecular flexibility index (Phi) is 12.2. The molecule has 0 aliphatic heterocycles. The van der Waals surface area contributed by atoms with Crippen LogP contribution in [0.2, 0.25) is 0 Å². The molecule has 0 aromatic heterocycles. The smallest absolute Gasteiger partial charge is 0.244 e. The van der Waals surface area contributed by atoms with E-state index in [-0.39, 0.29) is 18.5 Å². The van der Waals surface area contributed by atoms with Crippen LogP contribution in [0.4, 0.5) is 0 Å². The predicted molar refractivity (Wildman–Crippen MR) is 78.6 cm³/mol. The van der Waals surface area contributed by atoms with Crippen molar-refractivity contribution in [3.05, 3.63) is 12.7 Å². The van der Waals surface area contributed by atoms with Crippen LogP contribution in [0.25, 0.3) is 0 Å². The molecule has 0 fully saturated rings. The molecule has 0 aromatic carbocycles. The van der Waals surface area contributed by atoms with Gasteiger partial charge in [0.2, 0.25) is 11.8 Å². The van der Waals surface area contributed by atoms with Crippen molar-refractivity contribution in [1.29, 1.82) is 0 Å². The van der Waals surface area contributed by atoms with Crippen LogP contribution in [0.3, 0.4) is 0 Å². The lowest BCUT2D eigenvalue weighted by atomic mass is 10.1. The molecule has 0 spiro atoms. The van der Waals surface area contributed by atoms with Crippen molar-refractivity contribution in [1.82, 2.24) is 10.6 Å². The van der Waals surface area contributed by atoms with E-state index in [0.717, 1.165) is 12.8 Å². The molecular formula is C15H28N2O2. The fraction of sp³-hybridized carbons (Fsp3) is 0.733. The Labute approximate surface area is 117 Å². The minimum atomic E-state index is -0.271. The lowest BCUT2D eigenvalue weighted by molar-refractivity contribution is -0.121. The van der Waals surface area contributed by atoms with Crippen LogP contribution in [0.5, 0.6) is 0 Å². The van der Waals surface area contributed by atoms with E-state index < -0.39 is 0 Å². The van der Waals surface area contributed by atoms with E-state index in [9.17, 15) is 9.59 Å². The first-order valence-electron chi connectivity index (χ1n) is 7.37. The largest absolute Gasteiger partial charge is 0.339 e. The number of hydrogen-bond donors (Lipinski definition) is 2. The van der Waals surface area contributed by atoms with Crippen LogP contribution < -0.4 is 10.6 Å². The molecule has 0 aromatic rings. The van der Waals surface area contributed by atoms with Gasteiger partial charge in [0.25, 0.3) is 0 Å². The zero-order valence-electron chi connectivity index (χ0n) is 12.2. The molecule has 2 N–H and O–H groups in total. The highest BCUT2D eigenvalue weighted by molar-refractivity contribution is 5.87. The van der Waals surface area contributed by atoms with E-state index in [2.05, 4.69) is 24.1 Å². The fourth-order valence-electron chi connectivity index (χ4n) is 1.81. The molecule has 0 radical (unpaired) electrons. The first kappa shape index (κ1) is 17.7. The zero-order chi connectivity index (χ0) is 14.3. The van der Waals surface area contributed by atoms with E-state index >= 15 is 0 Å². The van der Waals surface area contributed by atoms with Crippen LogP contribution in [-0.2, 0) is 9.59 Å². The van der Waals surface area contributed by atoms with Gasteiger partial charge in [-0.2, -0.15) is 0 Å². The van der Waals surface area contributed by atoms with Gasteiger partial charge >= 0.3 is 0 Å². The molecule has 19 heavy (non-hydrogen) atoms. The first-order valence-corrected chi connectivity index (χ1v) is 7.37. The Hall–Kier alpha value is -1.32. The number of amides is 2. The normalized spacial score (nSPS) is 9.95. The Balaban J connectivity index is 3.25. The van der Waals surface area contributed by atoms with E-state index in [1.807, 2.05) is 0 Å². The Morgan fingerprint density at radius 1 is 0.947 bits per heavy atom. The van der Waals surface area contributed by atoms with Crippen molar-refractivity contribution in [2.75, 3.05) is 6.67 Å². The summed E-state index contributed by atoms with van der Waals surface area (Å²) in [4.78, 5) is 22.2. The summed E-state index contributed by atoms with van der Waals surface area (Å²) in [5, 5.41) is 5.15. The average molecular weight is 268 g/mol. The van der Waals surface area contributed by atoms with Gasteiger partial charge in [-0.25, -0.2) is 0 Å². The summed E-state index contributed by atoms with van der Waals surface area (Å²) in [7, 11) is 0. The van der Waals surface area contributed by atoms with Gasteiger partial charge in [0.05, 0.1) is 6.67 Å². The molecule has 0 rings (SSSR count). The van der Waals surface area contributed by atoms with Crippen molar-refractivity contribution in [3.63, 3.8) is 0 Å². The van der Waals surface area contributed by atoms with Gasteiger partial charge < -0.3 is 10.6 Å². The van der Waals surface area contributed by atoms with Crippen LogP contribution in [0.15, 0.2) is 12.7 Å². The second-order valence-corrected chi connectivity index (χ2v) is 4.75. The molecule has 2 amide bonds. The van der Waals surface area contributed by atoms with E-state index in [0.29, 0.717) is 6.42 Å². The second-order valence-electron chi connectivity index (χ2n) is 4.75. The third-order valence-electron chi connectivity index (χ3n) is 2.99. The van der Waals surface area contributed by atoms with Crippen molar-refractivity contribution in [2.24, 2.45) is 0 Å². The Morgan fingerprint density at radius 2 is 1.53 bits per heavy atom. The van der Waals surface area contributed by atoms with Gasteiger partial charge in [-0.1, -0.05) is 58.4 Å². The zero-order valence-corrected chi connectivity index (χ0v) is 12.2. The van der Waals surface area contributed by atoms with E-state index in [4.69, 9.17) is 0 Å². The van der Waals surface area contributed by atoms with Crippen molar-refractivity contribution >= 4 is 11.8 Å². The SMILES string of the molecule is C=CC(=O)NCNC(=O)CCCCCCCCCC. The molecule has 0 aliphatic rings. The van der Waals surface area contributed by atoms with Gasteiger partial charge in [0, 0.05) is 6.42 Å². The number of rotatable bonds is 12. The predicted octanol–water partition coefficient (Wildman–Crippen LogP) is 2.89. The number of nitrogens with one attached hydrogen (secondary N) is 2. The number of carbonyl (C=O) groups is 2. The number of unbranched alkanes of at least 4 members (excludes halogenated alkanes) is 7. The highest BCUT2D eigenvalue weighted by atomic mass is 16.2. The second kappa shape index (κ2) is 13.1. The molecule has 4 nitrogen and oxygen atoms in total. The van der Waals surface area contributed by atoms with Crippen LogP contribution >= 0.6 is 0 Å². The molecule has 0 atom stereocenters. The maximum atomic E-state index is 11.4. The summed E-state index contributed by atoms with van der Waals surface area (Å²) >= 11 is 0. The molecule has 110 valence electrons. The first-order chi connectivity index (χ1) is 9.20. The molecule has 0 saturated heterocycles. The van der Waals surface area contributed by atoms with Gasteiger partial charge in [-0.15, -0.1) is 0 Å². The highest BCUT2D eigenvalue weighted by Gasteiger charge is 2.00. The summed E-state index contributed by atoms with van der Waals surface area (Å²) in [5.41, 5.74) is 0. The molecular weight excluding hydrogens is 240 g/mol. The summed E-state index contributed by atoms with van der Waals surface area (Å²) in [5.74, 6) is -0.275. The third kappa shape index (κ3) is 12.9.